The molecule has 1 unspecified atom stereocenters. The van der Waals surface area contributed by atoms with Gasteiger partial charge in [0.2, 0.25) is 5.91 Å². The van der Waals surface area contributed by atoms with Crippen LogP contribution in [0.1, 0.15) is 13.3 Å². The van der Waals surface area contributed by atoms with Gasteiger partial charge in [-0.3, -0.25) is 4.79 Å². The van der Waals surface area contributed by atoms with E-state index in [9.17, 15) is 9.18 Å². The van der Waals surface area contributed by atoms with Crippen LogP contribution in [0.15, 0.2) is 78.0 Å². The molecule has 6 nitrogen and oxygen atoms in total. The molecule has 4 aromatic rings. The molecule has 8 heteroatoms. The first-order valence-corrected chi connectivity index (χ1v) is 12.0. The lowest BCUT2D eigenvalue weighted by atomic mass is 10.0. The molecule has 2 N–H and O–H groups in total. The molecule has 0 aliphatic heterocycles. The number of anilines is 1. The van der Waals surface area contributed by atoms with Crippen molar-refractivity contribution < 1.29 is 18.7 Å². The molecule has 180 valence electrons. The number of para-hydroxylation sites is 1. The number of methoxy groups -OCH3 is 2. The summed E-state index contributed by atoms with van der Waals surface area (Å²) in [6, 6.07) is 21.5. The van der Waals surface area contributed by atoms with Crippen LogP contribution in [-0.4, -0.2) is 35.3 Å². The average Bonchev–Trinajstić information content (AvgIpc) is 3.32. The Bertz CT molecular complexity index is 1230. The summed E-state index contributed by atoms with van der Waals surface area (Å²) in [5, 5.41) is 2.82. The minimum absolute atomic E-state index is 0.161. The lowest BCUT2D eigenvalue weighted by molar-refractivity contribution is -0.115. The largest absolute Gasteiger partial charge is 0.497 e. The normalized spacial score (nSPS) is 11.7. The number of thioether (sulfide) groups is 1. The molecule has 0 saturated heterocycles. The quantitative estimate of drug-likeness (QED) is 0.265. The van der Waals surface area contributed by atoms with E-state index in [0.717, 1.165) is 34.0 Å². The monoisotopic (exact) mass is 491 g/mol. The number of aromatic amines is 1. The number of benzene rings is 3. The number of amides is 1. The third-order valence-corrected chi connectivity index (χ3v) is 6.72. The Labute approximate surface area is 207 Å². The predicted octanol–water partition coefficient (Wildman–Crippen LogP) is 6.41. The molecule has 0 saturated carbocycles. The third kappa shape index (κ3) is 5.66. The number of H-pyrrole nitrogens is 1. The second-order valence-electron chi connectivity index (χ2n) is 7.71. The molecule has 3 aromatic carbocycles. The van der Waals surface area contributed by atoms with Gasteiger partial charge in [-0.2, -0.15) is 0 Å². The number of carbonyl (C=O) groups is 1. The van der Waals surface area contributed by atoms with E-state index in [4.69, 9.17) is 14.5 Å². The van der Waals surface area contributed by atoms with Gasteiger partial charge in [-0.15, -0.1) is 0 Å². The second kappa shape index (κ2) is 11.1. The molecule has 1 amide bonds. The standard InChI is InChI=1S/C27H26FN3O3S/c1-4-23(26(32)29-22-8-6-5-7-21(22)28)35-27-30-24(17-9-13-19(33-2)14-10-17)25(31-27)18-11-15-20(34-3)16-12-18/h5-16,23H,4H2,1-3H3,(H,29,32)(H,30,31). The number of ether oxygens (including phenoxy) is 2. The van der Waals surface area contributed by atoms with Crippen molar-refractivity contribution in [3.8, 4) is 34.0 Å². The number of aromatic nitrogens is 2. The maximum absolute atomic E-state index is 14.0. The van der Waals surface area contributed by atoms with Gasteiger partial charge in [-0.25, -0.2) is 9.37 Å². The Morgan fingerprint density at radius 2 is 1.57 bits per heavy atom. The van der Waals surface area contributed by atoms with Crippen LogP contribution in [0, 0.1) is 5.82 Å². The third-order valence-electron chi connectivity index (χ3n) is 5.47. The first kappa shape index (κ1) is 24.3. The molecule has 1 atom stereocenters. The minimum atomic E-state index is -0.470. The van der Waals surface area contributed by atoms with Crippen LogP contribution >= 0.6 is 11.8 Å². The fraction of sp³-hybridized carbons (Fsp3) is 0.185. The van der Waals surface area contributed by atoms with E-state index in [1.165, 1.54) is 17.8 Å². The smallest absolute Gasteiger partial charge is 0.238 e. The van der Waals surface area contributed by atoms with Crippen molar-refractivity contribution in [2.75, 3.05) is 19.5 Å². The molecule has 0 spiro atoms. The molecular weight excluding hydrogens is 465 g/mol. The number of nitrogens with zero attached hydrogens (tertiary/aromatic N) is 1. The van der Waals surface area contributed by atoms with Crippen molar-refractivity contribution in [1.82, 2.24) is 9.97 Å². The van der Waals surface area contributed by atoms with Crippen LogP contribution in [0.2, 0.25) is 0 Å². The van der Waals surface area contributed by atoms with Gasteiger partial charge in [0, 0.05) is 11.1 Å². The molecule has 4 rings (SSSR count). The molecule has 35 heavy (non-hydrogen) atoms. The molecule has 0 aliphatic carbocycles. The summed E-state index contributed by atoms with van der Waals surface area (Å²) in [6.45, 7) is 1.91. The van der Waals surface area contributed by atoms with Gasteiger partial charge in [0.1, 0.15) is 17.3 Å². The van der Waals surface area contributed by atoms with Crippen molar-refractivity contribution in [1.29, 1.82) is 0 Å². The number of carbonyl (C=O) groups excluding carboxylic acids is 1. The first-order chi connectivity index (χ1) is 17.0. The van der Waals surface area contributed by atoms with E-state index >= 15 is 0 Å². The highest BCUT2D eigenvalue weighted by Gasteiger charge is 2.23. The lowest BCUT2D eigenvalue weighted by Crippen LogP contribution is -2.25. The summed E-state index contributed by atoms with van der Waals surface area (Å²) in [7, 11) is 3.25. The molecular formula is C27H26FN3O3S. The van der Waals surface area contributed by atoms with Crippen molar-refractivity contribution in [3.05, 3.63) is 78.6 Å². The van der Waals surface area contributed by atoms with E-state index in [0.29, 0.717) is 11.6 Å². The average molecular weight is 492 g/mol. The van der Waals surface area contributed by atoms with Gasteiger partial charge in [0.25, 0.3) is 0 Å². The second-order valence-corrected chi connectivity index (χ2v) is 8.90. The highest BCUT2D eigenvalue weighted by atomic mass is 32.2. The van der Waals surface area contributed by atoms with Gasteiger partial charge < -0.3 is 19.8 Å². The Morgan fingerprint density at radius 3 is 2.14 bits per heavy atom. The van der Waals surface area contributed by atoms with Crippen LogP contribution < -0.4 is 14.8 Å². The number of rotatable bonds is 9. The van der Waals surface area contributed by atoms with Crippen molar-refractivity contribution in [2.24, 2.45) is 0 Å². The molecule has 1 heterocycles. The fourth-order valence-electron chi connectivity index (χ4n) is 3.56. The Morgan fingerprint density at radius 1 is 0.971 bits per heavy atom. The van der Waals surface area contributed by atoms with Gasteiger partial charge in [-0.1, -0.05) is 30.8 Å². The molecule has 0 radical (unpaired) electrons. The van der Waals surface area contributed by atoms with E-state index in [1.807, 2.05) is 55.5 Å². The van der Waals surface area contributed by atoms with E-state index in [-0.39, 0.29) is 11.6 Å². The number of halogens is 1. The lowest BCUT2D eigenvalue weighted by Gasteiger charge is -2.13. The Balaban J connectivity index is 1.65. The number of imidazole rings is 1. The van der Waals surface area contributed by atoms with Crippen LogP contribution in [0.3, 0.4) is 0 Å². The zero-order chi connectivity index (χ0) is 24.8. The fourth-order valence-corrected chi connectivity index (χ4v) is 4.47. The summed E-state index contributed by atoms with van der Waals surface area (Å²) in [5.74, 6) is 0.753. The van der Waals surface area contributed by atoms with Crippen LogP contribution in [0.25, 0.3) is 22.5 Å². The summed E-state index contributed by atoms with van der Waals surface area (Å²) in [5.41, 5.74) is 3.58. The van der Waals surface area contributed by atoms with E-state index in [1.54, 1.807) is 32.4 Å². The topological polar surface area (TPSA) is 76.2 Å². The SMILES string of the molecule is CCC(Sc1nc(-c2ccc(OC)cc2)c(-c2ccc(OC)cc2)[nH]1)C(=O)Nc1ccccc1F. The van der Waals surface area contributed by atoms with Crippen LogP contribution in [-0.2, 0) is 4.79 Å². The number of nitrogens with one attached hydrogen (secondary N) is 2. The maximum atomic E-state index is 14.0. The minimum Gasteiger partial charge on any atom is -0.497 e. The predicted molar refractivity (Wildman–Crippen MR) is 138 cm³/mol. The van der Waals surface area contributed by atoms with Crippen molar-refractivity contribution in [3.63, 3.8) is 0 Å². The summed E-state index contributed by atoms with van der Waals surface area (Å²) in [6.07, 6.45) is 0.543. The zero-order valence-corrected chi connectivity index (χ0v) is 20.5. The summed E-state index contributed by atoms with van der Waals surface area (Å²) < 4.78 is 24.6. The van der Waals surface area contributed by atoms with Gasteiger partial charge in [0.05, 0.1) is 36.5 Å². The summed E-state index contributed by atoms with van der Waals surface area (Å²) >= 11 is 1.31. The maximum Gasteiger partial charge on any atom is 0.238 e. The molecule has 0 fully saturated rings. The Hall–Kier alpha value is -3.78. The molecule has 0 aliphatic rings. The van der Waals surface area contributed by atoms with Crippen molar-refractivity contribution >= 4 is 23.4 Å². The molecule has 0 bridgehead atoms. The van der Waals surface area contributed by atoms with E-state index < -0.39 is 11.1 Å². The highest BCUT2D eigenvalue weighted by molar-refractivity contribution is 8.00. The van der Waals surface area contributed by atoms with Gasteiger partial charge >= 0.3 is 0 Å². The number of hydrogen-bond donors (Lipinski definition) is 2. The first-order valence-electron chi connectivity index (χ1n) is 11.1. The summed E-state index contributed by atoms with van der Waals surface area (Å²) in [4.78, 5) is 21.1. The van der Waals surface area contributed by atoms with Gasteiger partial charge in [0.15, 0.2) is 5.16 Å². The van der Waals surface area contributed by atoms with Crippen molar-refractivity contribution in [2.45, 2.75) is 23.8 Å². The van der Waals surface area contributed by atoms with Crippen LogP contribution in [0.5, 0.6) is 11.5 Å². The molecule has 1 aromatic heterocycles. The highest BCUT2D eigenvalue weighted by Crippen LogP contribution is 2.36. The van der Waals surface area contributed by atoms with Gasteiger partial charge in [-0.05, 0) is 67.1 Å². The zero-order valence-electron chi connectivity index (χ0n) is 19.7. The Kier molecular flexibility index (Phi) is 7.72. The van der Waals surface area contributed by atoms with Crippen LogP contribution in [0.4, 0.5) is 10.1 Å². The number of hydrogen-bond acceptors (Lipinski definition) is 5. The van der Waals surface area contributed by atoms with E-state index in [2.05, 4.69) is 10.3 Å².